The van der Waals surface area contributed by atoms with Crippen molar-refractivity contribution >= 4 is 40.3 Å². The highest BCUT2D eigenvalue weighted by atomic mass is 35.5. The monoisotopic (exact) mass is 579 g/mol. The van der Waals surface area contributed by atoms with E-state index in [0.29, 0.717) is 22.1 Å². The fraction of sp³-hybridized carbons (Fsp3) is 0.200. The van der Waals surface area contributed by atoms with Gasteiger partial charge in [-0.15, -0.1) is 0 Å². The summed E-state index contributed by atoms with van der Waals surface area (Å²) in [5.74, 6) is 0.362. The number of anilines is 1. The van der Waals surface area contributed by atoms with Gasteiger partial charge in [0, 0.05) is 21.5 Å². The Hall–Kier alpha value is -4.55. The van der Waals surface area contributed by atoms with Crippen LogP contribution in [0.5, 0.6) is 0 Å². The minimum absolute atomic E-state index is 0.174. The number of aryl methyl sites for hydroxylation is 1. The Balaban J connectivity index is 1.26. The standard InChI is InChI=1S/C35H30ClNO5/c1-21-8-17-28-30(20-21)42-32(31(28)37-34(39)41-22(2)27-6-4-5-7-29(27)36)25-11-9-23(10-12-25)24-13-15-26(16-14-24)35(18-19-35)33(38)40-3/h4-17,20,22H,18-19H2,1-3H3,(H,37,39). The average molecular weight is 580 g/mol. The summed E-state index contributed by atoms with van der Waals surface area (Å²) in [5.41, 5.74) is 6.32. The lowest BCUT2D eigenvalue weighted by Gasteiger charge is -2.15. The Kier molecular flexibility index (Phi) is 7.25. The van der Waals surface area contributed by atoms with Gasteiger partial charge in [-0.05, 0) is 67.1 Å². The largest absolute Gasteiger partial charge is 0.468 e. The van der Waals surface area contributed by atoms with Gasteiger partial charge in [-0.3, -0.25) is 10.1 Å². The fourth-order valence-electron chi connectivity index (χ4n) is 5.42. The van der Waals surface area contributed by atoms with Gasteiger partial charge in [-0.2, -0.15) is 0 Å². The molecule has 212 valence electrons. The molecule has 1 N–H and O–H groups in total. The number of furan rings is 1. The van der Waals surface area contributed by atoms with Crippen LogP contribution >= 0.6 is 11.6 Å². The predicted molar refractivity (Wildman–Crippen MR) is 165 cm³/mol. The van der Waals surface area contributed by atoms with Crippen molar-refractivity contribution < 1.29 is 23.5 Å². The Morgan fingerprint density at radius 3 is 2.19 bits per heavy atom. The first-order valence-corrected chi connectivity index (χ1v) is 14.2. The van der Waals surface area contributed by atoms with Crippen molar-refractivity contribution in [1.29, 1.82) is 0 Å². The lowest BCUT2D eigenvalue weighted by molar-refractivity contribution is -0.143. The molecule has 0 aliphatic heterocycles. The first-order valence-electron chi connectivity index (χ1n) is 13.8. The van der Waals surface area contributed by atoms with Crippen molar-refractivity contribution in [3.8, 4) is 22.5 Å². The lowest BCUT2D eigenvalue weighted by Crippen LogP contribution is -2.21. The van der Waals surface area contributed by atoms with Crippen LogP contribution in [-0.2, 0) is 19.7 Å². The van der Waals surface area contributed by atoms with Crippen molar-refractivity contribution in [2.24, 2.45) is 0 Å². The number of carbonyl (C=O) groups is 2. The van der Waals surface area contributed by atoms with E-state index < -0.39 is 17.6 Å². The molecule has 1 unspecified atom stereocenters. The molecule has 0 bridgehead atoms. The van der Waals surface area contributed by atoms with Crippen LogP contribution in [0.25, 0.3) is 33.4 Å². The van der Waals surface area contributed by atoms with Crippen LogP contribution in [0.3, 0.4) is 0 Å². The molecule has 0 radical (unpaired) electrons. The van der Waals surface area contributed by atoms with Crippen LogP contribution in [0.1, 0.15) is 42.6 Å². The van der Waals surface area contributed by atoms with Gasteiger partial charge in [-0.25, -0.2) is 4.79 Å². The van der Waals surface area contributed by atoms with Gasteiger partial charge >= 0.3 is 12.1 Å². The van der Waals surface area contributed by atoms with Gasteiger partial charge in [-0.1, -0.05) is 84.4 Å². The normalized spacial score (nSPS) is 14.3. The molecule has 6 nitrogen and oxygen atoms in total. The second-order valence-corrected chi connectivity index (χ2v) is 11.1. The number of benzene rings is 4. The maximum atomic E-state index is 13.1. The number of esters is 1. The highest BCUT2D eigenvalue weighted by molar-refractivity contribution is 6.31. The molecule has 1 amide bonds. The Morgan fingerprint density at radius 2 is 1.55 bits per heavy atom. The molecule has 7 heteroatoms. The number of rotatable bonds is 7. The molecule has 1 heterocycles. The number of ether oxygens (including phenoxy) is 2. The van der Waals surface area contributed by atoms with E-state index in [0.717, 1.165) is 51.6 Å². The number of hydrogen-bond acceptors (Lipinski definition) is 5. The summed E-state index contributed by atoms with van der Waals surface area (Å²) in [6.45, 7) is 3.77. The van der Waals surface area contributed by atoms with E-state index in [1.54, 1.807) is 13.0 Å². The second-order valence-electron chi connectivity index (χ2n) is 10.7. The van der Waals surface area contributed by atoms with Crippen molar-refractivity contribution in [2.45, 2.75) is 38.2 Å². The molecular formula is C35H30ClNO5. The molecule has 1 aliphatic rings. The maximum absolute atomic E-state index is 13.1. The van der Waals surface area contributed by atoms with Gasteiger partial charge in [0.15, 0.2) is 5.76 Å². The topological polar surface area (TPSA) is 77.8 Å². The summed E-state index contributed by atoms with van der Waals surface area (Å²) in [5, 5.41) is 4.23. The summed E-state index contributed by atoms with van der Waals surface area (Å²) >= 11 is 6.30. The van der Waals surface area contributed by atoms with Gasteiger partial charge in [0.05, 0.1) is 18.2 Å². The van der Waals surface area contributed by atoms with Crippen molar-refractivity contribution in [1.82, 2.24) is 0 Å². The van der Waals surface area contributed by atoms with E-state index in [1.165, 1.54) is 7.11 Å². The van der Waals surface area contributed by atoms with E-state index in [9.17, 15) is 9.59 Å². The average Bonchev–Trinajstić information content (AvgIpc) is 3.74. The molecule has 1 fully saturated rings. The number of halogens is 1. The zero-order chi connectivity index (χ0) is 29.4. The lowest BCUT2D eigenvalue weighted by atomic mass is 9.93. The van der Waals surface area contributed by atoms with Gasteiger partial charge in [0.2, 0.25) is 0 Å². The number of hydrogen-bond donors (Lipinski definition) is 1. The van der Waals surface area contributed by atoms with Gasteiger partial charge in [0.25, 0.3) is 0 Å². The molecule has 1 aliphatic carbocycles. The number of carbonyl (C=O) groups excluding carboxylic acids is 2. The van der Waals surface area contributed by atoms with E-state index in [4.69, 9.17) is 25.5 Å². The SMILES string of the molecule is COC(=O)C1(c2ccc(-c3ccc(-c4oc5cc(C)ccc5c4NC(=O)OC(C)c4ccccc4Cl)cc3)cc2)CC1. The first kappa shape index (κ1) is 27.6. The molecule has 1 aromatic heterocycles. The summed E-state index contributed by atoms with van der Waals surface area (Å²) in [7, 11) is 1.44. The molecule has 4 aromatic carbocycles. The number of nitrogens with one attached hydrogen (secondary N) is 1. The summed E-state index contributed by atoms with van der Waals surface area (Å²) in [6.07, 6.45) is 0.473. The molecule has 5 aromatic rings. The summed E-state index contributed by atoms with van der Waals surface area (Å²) < 4.78 is 17.0. The van der Waals surface area contributed by atoms with E-state index in [1.807, 2.05) is 91.9 Å². The Morgan fingerprint density at radius 1 is 0.905 bits per heavy atom. The van der Waals surface area contributed by atoms with Crippen molar-refractivity contribution in [3.05, 3.63) is 113 Å². The van der Waals surface area contributed by atoms with Crippen LogP contribution in [0.4, 0.5) is 10.5 Å². The highest BCUT2D eigenvalue weighted by Crippen LogP contribution is 2.49. The zero-order valence-corrected chi connectivity index (χ0v) is 24.3. The quantitative estimate of drug-likeness (QED) is 0.194. The number of amides is 1. The fourth-order valence-corrected chi connectivity index (χ4v) is 5.71. The molecule has 0 spiro atoms. The van der Waals surface area contributed by atoms with Crippen LogP contribution in [0, 0.1) is 6.92 Å². The molecular weight excluding hydrogens is 550 g/mol. The Labute approximate surface area is 249 Å². The third-order valence-corrected chi connectivity index (χ3v) is 8.29. The smallest absolute Gasteiger partial charge is 0.412 e. The van der Waals surface area contributed by atoms with Crippen molar-refractivity contribution in [2.75, 3.05) is 12.4 Å². The molecule has 42 heavy (non-hydrogen) atoms. The second kappa shape index (κ2) is 11.0. The number of methoxy groups -OCH3 is 1. The Bertz CT molecular complexity index is 1790. The minimum Gasteiger partial charge on any atom is -0.468 e. The van der Waals surface area contributed by atoms with Crippen molar-refractivity contribution in [3.63, 3.8) is 0 Å². The van der Waals surface area contributed by atoms with E-state index in [-0.39, 0.29) is 5.97 Å². The van der Waals surface area contributed by atoms with Gasteiger partial charge in [0.1, 0.15) is 11.7 Å². The maximum Gasteiger partial charge on any atom is 0.412 e. The molecule has 6 rings (SSSR count). The third-order valence-electron chi connectivity index (χ3n) is 7.94. The third kappa shape index (κ3) is 5.14. The zero-order valence-electron chi connectivity index (χ0n) is 23.6. The molecule has 1 atom stereocenters. The van der Waals surface area contributed by atoms with E-state index in [2.05, 4.69) is 5.32 Å². The minimum atomic E-state index is -0.607. The highest BCUT2D eigenvalue weighted by Gasteiger charge is 2.52. The molecule has 1 saturated carbocycles. The van der Waals surface area contributed by atoms with Crippen LogP contribution in [0.2, 0.25) is 5.02 Å². The first-order chi connectivity index (χ1) is 20.3. The van der Waals surface area contributed by atoms with E-state index >= 15 is 0 Å². The van der Waals surface area contributed by atoms with Gasteiger partial charge < -0.3 is 13.9 Å². The molecule has 0 saturated heterocycles. The summed E-state index contributed by atoms with van der Waals surface area (Å²) in [4.78, 5) is 25.3. The number of fused-ring (bicyclic) bond motifs is 1. The predicted octanol–water partition coefficient (Wildman–Crippen LogP) is 9.24. The van der Waals surface area contributed by atoms with Crippen LogP contribution in [-0.4, -0.2) is 19.2 Å². The summed E-state index contributed by atoms with van der Waals surface area (Å²) in [6, 6.07) is 29.2. The van der Waals surface area contributed by atoms with Crippen LogP contribution in [0.15, 0.2) is 95.4 Å². The van der Waals surface area contributed by atoms with Crippen LogP contribution < -0.4 is 5.32 Å².